The fourth-order valence-corrected chi connectivity index (χ4v) is 2.32. The smallest absolute Gasteiger partial charge is 0.278 e. The normalized spacial score (nSPS) is 20.8. The van der Waals surface area contributed by atoms with Crippen LogP contribution < -0.4 is 5.56 Å². The number of hydrogen-bond acceptors (Lipinski definition) is 5. The molecule has 1 saturated heterocycles. The van der Waals surface area contributed by atoms with E-state index in [-0.39, 0.29) is 11.7 Å². The van der Waals surface area contributed by atoms with Crippen molar-refractivity contribution in [1.29, 1.82) is 0 Å². The van der Waals surface area contributed by atoms with Gasteiger partial charge in [0.05, 0.1) is 24.8 Å². The second-order valence-corrected chi connectivity index (χ2v) is 4.81. The molecule has 1 atom stereocenters. The number of nitrogens with zero attached hydrogens (tertiary/aromatic N) is 4. The van der Waals surface area contributed by atoms with E-state index in [1.807, 2.05) is 19.1 Å². The number of aromatic nitrogens is 3. The van der Waals surface area contributed by atoms with Crippen molar-refractivity contribution >= 4 is 10.9 Å². The van der Waals surface area contributed by atoms with Crippen LogP contribution in [0.2, 0.25) is 0 Å². The summed E-state index contributed by atoms with van der Waals surface area (Å²) in [6.45, 7) is 4.80. The molecule has 1 aromatic carbocycles. The molecular weight excluding hydrogens is 244 g/mol. The van der Waals surface area contributed by atoms with Crippen molar-refractivity contribution in [1.82, 2.24) is 19.9 Å². The fraction of sp³-hybridized carbons (Fsp3) is 0.462. The molecule has 0 aliphatic carbocycles. The van der Waals surface area contributed by atoms with Gasteiger partial charge in [-0.05, 0) is 19.1 Å². The number of morpholine rings is 1. The molecule has 1 aliphatic rings. The maximum atomic E-state index is 12.3. The van der Waals surface area contributed by atoms with E-state index in [1.54, 1.807) is 12.1 Å². The monoisotopic (exact) mass is 260 g/mol. The van der Waals surface area contributed by atoms with E-state index < -0.39 is 0 Å². The van der Waals surface area contributed by atoms with E-state index in [2.05, 4.69) is 15.2 Å². The summed E-state index contributed by atoms with van der Waals surface area (Å²) >= 11 is 0. The first-order valence-electron chi connectivity index (χ1n) is 6.40. The van der Waals surface area contributed by atoms with Gasteiger partial charge in [0.1, 0.15) is 5.52 Å². The van der Waals surface area contributed by atoms with Gasteiger partial charge >= 0.3 is 0 Å². The number of rotatable bonds is 2. The predicted molar refractivity (Wildman–Crippen MR) is 70.8 cm³/mol. The Labute approximate surface area is 110 Å². The first-order chi connectivity index (χ1) is 9.24. The maximum Gasteiger partial charge on any atom is 0.278 e. The number of ether oxygens (including phenoxy) is 1. The highest BCUT2D eigenvalue weighted by Crippen LogP contribution is 2.06. The second kappa shape index (κ2) is 5.07. The van der Waals surface area contributed by atoms with Gasteiger partial charge in [0.25, 0.3) is 5.56 Å². The van der Waals surface area contributed by atoms with Crippen LogP contribution in [0.15, 0.2) is 29.1 Å². The summed E-state index contributed by atoms with van der Waals surface area (Å²) in [6.07, 6.45) is 0.192. The SMILES string of the molecule is C[C@H]1CN(Cn2nnc3ccccc3c2=O)CCO1. The van der Waals surface area contributed by atoms with Crippen molar-refractivity contribution in [3.63, 3.8) is 0 Å². The Kier molecular flexibility index (Phi) is 3.27. The Bertz CT molecular complexity index is 640. The topological polar surface area (TPSA) is 60.2 Å². The molecule has 0 radical (unpaired) electrons. The van der Waals surface area contributed by atoms with Crippen molar-refractivity contribution < 1.29 is 4.74 Å². The molecule has 3 rings (SSSR count). The zero-order valence-corrected chi connectivity index (χ0v) is 10.8. The van der Waals surface area contributed by atoms with Crippen LogP contribution in [-0.4, -0.2) is 45.7 Å². The molecule has 0 amide bonds. The minimum Gasteiger partial charge on any atom is -0.376 e. The van der Waals surface area contributed by atoms with E-state index in [0.29, 0.717) is 24.2 Å². The van der Waals surface area contributed by atoms with Crippen molar-refractivity contribution in [2.45, 2.75) is 19.7 Å². The molecule has 1 aromatic heterocycles. The highest BCUT2D eigenvalue weighted by Gasteiger charge is 2.17. The Balaban J connectivity index is 1.89. The lowest BCUT2D eigenvalue weighted by Crippen LogP contribution is -2.44. The van der Waals surface area contributed by atoms with E-state index in [0.717, 1.165) is 13.1 Å². The lowest BCUT2D eigenvalue weighted by molar-refractivity contribution is -0.0313. The summed E-state index contributed by atoms with van der Waals surface area (Å²) in [6, 6.07) is 7.27. The van der Waals surface area contributed by atoms with E-state index in [4.69, 9.17) is 4.74 Å². The molecule has 6 nitrogen and oxygen atoms in total. The molecule has 19 heavy (non-hydrogen) atoms. The highest BCUT2D eigenvalue weighted by molar-refractivity contribution is 5.76. The average Bonchev–Trinajstić information content (AvgIpc) is 2.42. The Hall–Kier alpha value is -1.79. The van der Waals surface area contributed by atoms with Crippen LogP contribution in [0.4, 0.5) is 0 Å². The van der Waals surface area contributed by atoms with Crippen molar-refractivity contribution in [3.05, 3.63) is 34.6 Å². The largest absolute Gasteiger partial charge is 0.376 e. The van der Waals surface area contributed by atoms with Crippen molar-refractivity contribution in [3.8, 4) is 0 Å². The molecule has 2 aromatic rings. The van der Waals surface area contributed by atoms with Gasteiger partial charge < -0.3 is 4.74 Å². The van der Waals surface area contributed by atoms with Gasteiger partial charge in [-0.25, -0.2) is 0 Å². The van der Waals surface area contributed by atoms with Gasteiger partial charge in [-0.2, -0.15) is 4.68 Å². The lowest BCUT2D eigenvalue weighted by atomic mass is 10.2. The van der Waals surface area contributed by atoms with Crippen LogP contribution in [0, 0.1) is 0 Å². The zero-order chi connectivity index (χ0) is 13.2. The third-order valence-corrected chi connectivity index (χ3v) is 3.29. The van der Waals surface area contributed by atoms with E-state index in [1.165, 1.54) is 4.68 Å². The zero-order valence-electron chi connectivity index (χ0n) is 10.8. The summed E-state index contributed by atoms with van der Waals surface area (Å²) in [7, 11) is 0. The van der Waals surface area contributed by atoms with Crippen LogP contribution in [0.3, 0.4) is 0 Å². The standard InChI is InChI=1S/C13H16N4O2/c1-10-8-16(6-7-19-10)9-17-13(18)11-4-2-3-5-12(11)14-15-17/h2-5,10H,6-9H2,1H3/t10-/m0/s1. The molecule has 100 valence electrons. The Morgan fingerprint density at radius 3 is 3.11 bits per heavy atom. The van der Waals surface area contributed by atoms with Gasteiger partial charge in [0.15, 0.2) is 0 Å². The fourth-order valence-electron chi connectivity index (χ4n) is 2.32. The predicted octanol–water partition coefficient (Wildman–Crippen LogP) is 0.470. The lowest BCUT2D eigenvalue weighted by Gasteiger charge is -2.30. The summed E-state index contributed by atoms with van der Waals surface area (Å²) in [4.78, 5) is 14.4. The summed E-state index contributed by atoms with van der Waals surface area (Å²) in [5.74, 6) is 0. The summed E-state index contributed by atoms with van der Waals surface area (Å²) < 4.78 is 6.90. The average molecular weight is 260 g/mol. The molecule has 2 heterocycles. The third kappa shape index (κ3) is 2.50. The van der Waals surface area contributed by atoms with Gasteiger partial charge in [-0.15, -0.1) is 5.10 Å². The molecule has 0 N–H and O–H groups in total. The molecule has 1 fully saturated rings. The number of fused-ring (bicyclic) bond motifs is 1. The van der Waals surface area contributed by atoms with Gasteiger partial charge in [-0.1, -0.05) is 17.3 Å². The van der Waals surface area contributed by atoms with Gasteiger partial charge in [0, 0.05) is 13.1 Å². The van der Waals surface area contributed by atoms with Gasteiger partial charge in [-0.3, -0.25) is 9.69 Å². The number of benzene rings is 1. The van der Waals surface area contributed by atoms with Crippen LogP contribution >= 0.6 is 0 Å². The Morgan fingerprint density at radius 1 is 1.42 bits per heavy atom. The van der Waals surface area contributed by atoms with Crippen molar-refractivity contribution in [2.75, 3.05) is 19.7 Å². The van der Waals surface area contributed by atoms with Crippen LogP contribution in [0.1, 0.15) is 6.92 Å². The summed E-state index contributed by atoms with van der Waals surface area (Å²) in [5, 5.41) is 8.69. The maximum absolute atomic E-state index is 12.3. The van der Waals surface area contributed by atoms with E-state index >= 15 is 0 Å². The highest BCUT2D eigenvalue weighted by atomic mass is 16.5. The first-order valence-corrected chi connectivity index (χ1v) is 6.40. The Morgan fingerprint density at radius 2 is 2.26 bits per heavy atom. The third-order valence-electron chi connectivity index (χ3n) is 3.29. The second-order valence-electron chi connectivity index (χ2n) is 4.81. The first kappa shape index (κ1) is 12.3. The van der Waals surface area contributed by atoms with Crippen LogP contribution in [0.5, 0.6) is 0 Å². The minimum atomic E-state index is -0.0928. The van der Waals surface area contributed by atoms with E-state index in [9.17, 15) is 4.79 Å². The molecule has 0 saturated carbocycles. The summed E-state index contributed by atoms with van der Waals surface area (Å²) in [5.41, 5.74) is 0.545. The molecule has 0 spiro atoms. The molecule has 0 bridgehead atoms. The molecule has 1 aliphatic heterocycles. The quantitative estimate of drug-likeness (QED) is 0.785. The van der Waals surface area contributed by atoms with Crippen LogP contribution in [-0.2, 0) is 11.4 Å². The number of hydrogen-bond donors (Lipinski definition) is 0. The van der Waals surface area contributed by atoms with Crippen molar-refractivity contribution in [2.24, 2.45) is 0 Å². The molecule has 0 unspecified atom stereocenters. The van der Waals surface area contributed by atoms with Gasteiger partial charge in [0.2, 0.25) is 0 Å². The minimum absolute atomic E-state index is 0.0928. The molecule has 6 heteroatoms. The molecular formula is C13H16N4O2. The van der Waals surface area contributed by atoms with Crippen LogP contribution in [0.25, 0.3) is 10.9 Å².